The maximum absolute atomic E-state index is 11.1. The monoisotopic (exact) mass is 309 g/mol. The molecular formula is C11H8N3O6P. The second-order valence-electron chi connectivity index (χ2n) is 4.23. The lowest BCUT2D eigenvalue weighted by Crippen LogP contribution is -1.98. The Balaban J connectivity index is 2.07. The summed E-state index contributed by atoms with van der Waals surface area (Å²) in [5, 5.41) is 10.7. The van der Waals surface area contributed by atoms with Crippen molar-refractivity contribution in [3.63, 3.8) is 0 Å². The normalized spacial score (nSPS) is 11.9. The molecule has 0 fully saturated rings. The Morgan fingerprint density at radius 2 is 2.05 bits per heavy atom. The number of nitro groups is 1. The van der Waals surface area contributed by atoms with Gasteiger partial charge in [-0.05, 0) is 18.2 Å². The van der Waals surface area contributed by atoms with Crippen LogP contribution in [0.2, 0.25) is 0 Å². The third-order valence-electron chi connectivity index (χ3n) is 2.79. The zero-order valence-electron chi connectivity index (χ0n) is 10.3. The maximum Gasteiger partial charge on any atom is 0.391 e. The number of fused-ring (bicyclic) bond motifs is 1. The minimum absolute atomic E-state index is 0.101. The number of furan rings is 1. The van der Waals surface area contributed by atoms with Crippen LogP contribution in [0.1, 0.15) is 0 Å². The molecule has 0 saturated heterocycles. The van der Waals surface area contributed by atoms with Gasteiger partial charge in [0.15, 0.2) is 11.6 Å². The van der Waals surface area contributed by atoms with Crippen molar-refractivity contribution in [2.45, 2.75) is 0 Å². The zero-order chi connectivity index (χ0) is 15.2. The lowest BCUT2D eigenvalue weighted by Gasteiger charge is -1.97. The minimum atomic E-state index is -4.47. The first kappa shape index (κ1) is 13.5. The van der Waals surface area contributed by atoms with Gasteiger partial charge < -0.3 is 19.2 Å². The lowest BCUT2D eigenvalue weighted by atomic mass is 10.3. The molecule has 0 spiro atoms. The number of rotatable bonds is 3. The molecule has 0 saturated carbocycles. The van der Waals surface area contributed by atoms with Crippen molar-refractivity contribution in [2.24, 2.45) is 0 Å². The molecule has 1 aromatic carbocycles. The summed E-state index contributed by atoms with van der Waals surface area (Å²) >= 11 is 0. The molecule has 0 bridgehead atoms. The van der Waals surface area contributed by atoms with Gasteiger partial charge in [-0.3, -0.25) is 14.7 Å². The van der Waals surface area contributed by atoms with E-state index in [0.29, 0.717) is 11.0 Å². The van der Waals surface area contributed by atoms with Crippen LogP contribution < -0.4 is 5.50 Å². The first-order chi connectivity index (χ1) is 9.84. The molecule has 0 unspecified atom stereocenters. The molecule has 0 aliphatic carbocycles. The van der Waals surface area contributed by atoms with Gasteiger partial charge >= 0.3 is 7.60 Å². The van der Waals surface area contributed by atoms with Crippen LogP contribution in [0, 0.1) is 10.1 Å². The summed E-state index contributed by atoms with van der Waals surface area (Å²) in [5.74, 6) is 0.359. The first-order valence-electron chi connectivity index (χ1n) is 5.65. The van der Waals surface area contributed by atoms with Crippen molar-refractivity contribution in [3.05, 3.63) is 40.4 Å². The highest BCUT2D eigenvalue weighted by atomic mass is 31.2. The third-order valence-corrected chi connectivity index (χ3v) is 3.60. The molecule has 0 aliphatic heterocycles. The highest BCUT2D eigenvalue weighted by Crippen LogP contribution is 2.35. The number of benzene rings is 1. The molecule has 0 atom stereocenters. The average molecular weight is 309 g/mol. The molecular weight excluding hydrogens is 301 g/mol. The molecule has 2 heterocycles. The smallest absolute Gasteiger partial charge is 0.391 e. The van der Waals surface area contributed by atoms with Crippen molar-refractivity contribution >= 4 is 29.8 Å². The molecule has 9 nitrogen and oxygen atoms in total. The number of non-ortho nitro benzene ring substituents is 1. The molecule has 2 aromatic heterocycles. The van der Waals surface area contributed by atoms with E-state index in [1.165, 1.54) is 24.3 Å². The minimum Gasteiger partial charge on any atom is -0.445 e. The fourth-order valence-corrected chi connectivity index (χ4v) is 2.32. The second kappa shape index (κ2) is 4.52. The van der Waals surface area contributed by atoms with E-state index in [1.807, 2.05) is 0 Å². The molecule has 108 valence electrons. The summed E-state index contributed by atoms with van der Waals surface area (Å²) in [4.78, 5) is 35.1. The molecule has 0 amide bonds. The largest absolute Gasteiger partial charge is 0.445 e. The van der Waals surface area contributed by atoms with Gasteiger partial charge in [-0.25, -0.2) is 4.98 Å². The SMILES string of the molecule is O=[N+]([O-])c1ccc2[nH]c(-c3ccc(P(=O)(O)O)o3)nc2c1. The van der Waals surface area contributed by atoms with Gasteiger partial charge in [0.05, 0.1) is 16.0 Å². The molecule has 3 N–H and O–H groups in total. The Morgan fingerprint density at radius 3 is 2.67 bits per heavy atom. The number of aromatic amines is 1. The molecule has 0 radical (unpaired) electrons. The van der Waals surface area contributed by atoms with E-state index in [4.69, 9.17) is 14.2 Å². The van der Waals surface area contributed by atoms with Crippen LogP contribution in [0.15, 0.2) is 34.7 Å². The van der Waals surface area contributed by atoms with Gasteiger partial charge in [0, 0.05) is 12.1 Å². The summed E-state index contributed by atoms with van der Waals surface area (Å²) in [5.41, 5.74) is 0.331. The van der Waals surface area contributed by atoms with Gasteiger partial charge in [0.2, 0.25) is 5.50 Å². The number of nitro benzene ring substituents is 1. The third kappa shape index (κ3) is 2.45. The first-order valence-corrected chi connectivity index (χ1v) is 7.26. The van der Waals surface area contributed by atoms with Gasteiger partial charge in [0.1, 0.15) is 0 Å². The molecule has 3 aromatic rings. The van der Waals surface area contributed by atoms with E-state index in [9.17, 15) is 14.7 Å². The Kier molecular flexibility index (Phi) is 2.91. The number of aromatic nitrogens is 2. The number of hydrogen-bond acceptors (Lipinski definition) is 5. The van der Waals surface area contributed by atoms with Crippen LogP contribution in [-0.2, 0) is 4.57 Å². The summed E-state index contributed by atoms with van der Waals surface area (Å²) in [6.07, 6.45) is 0. The molecule has 0 aliphatic rings. The van der Waals surface area contributed by atoms with Crippen molar-refractivity contribution in [1.82, 2.24) is 9.97 Å². The van der Waals surface area contributed by atoms with Crippen LogP contribution in [-0.4, -0.2) is 24.7 Å². The van der Waals surface area contributed by atoms with Crippen molar-refractivity contribution in [2.75, 3.05) is 0 Å². The fraction of sp³-hybridized carbons (Fsp3) is 0. The Hall–Kier alpha value is -2.48. The predicted octanol–water partition coefficient (Wildman–Crippen LogP) is 1.53. The Labute approximate surface area is 116 Å². The highest BCUT2D eigenvalue weighted by Gasteiger charge is 2.23. The fourth-order valence-electron chi connectivity index (χ4n) is 1.84. The Morgan fingerprint density at radius 1 is 1.29 bits per heavy atom. The van der Waals surface area contributed by atoms with E-state index in [-0.39, 0.29) is 17.3 Å². The van der Waals surface area contributed by atoms with Crippen LogP contribution in [0.3, 0.4) is 0 Å². The second-order valence-corrected chi connectivity index (χ2v) is 5.75. The molecule has 10 heteroatoms. The maximum atomic E-state index is 11.1. The van der Waals surface area contributed by atoms with E-state index < -0.39 is 18.0 Å². The Bertz CT molecular complexity index is 892. The number of nitrogens with one attached hydrogen (secondary N) is 1. The summed E-state index contributed by atoms with van der Waals surface area (Å²) in [6, 6.07) is 6.64. The summed E-state index contributed by atoms with van der Waals surface area (Å²) in [7, 11) is -4.47. The van der Waals surface area contributed by atoms with Crippen molar-refractivity contribution < 1.29 is 23.7 Å². The number of H-pyrrole nitrogens is 1. The van der Waals surface area contributed by atoms with Gasteiger partial charge in [-0.15, -0.1) is 0 Å². The van der Waals surface area contributed by atoms with Crippen molar-refractivity contribution in [1.29, 1.82) is 0 Å². The van der Waals surface area contributed by atoms with Crippen molar-refractivity contribution in [3.8, 4) is 11.6 Å². The number of imidazole rings is 1. The zero-order valence-corrected chi connectivity index (χ0v) is 11.2. The molecule has 3 rings (SSSR count). The number of nitrogens with zero attached hydrogens (tertiary/aromatic N) is 2. The van der Waals surface area contributed by atoms with Crippen LogP contribution in [0.5, 0.6) is 0 Å². The van der Waals surface area contributed by atoms with Gasteiger partial charge in [-0.2, -0.15) is 0 Å². The van der Waals surface area contributed by atoms with E-state index in [1.54, 1.807) is 0 Å². The topological polar surface area (TPSA) is 142 Å². The van der Waals surface area contributed by atoms with Crippen LogP contribution >= 0.6 is 7.60 Å². The van der Waals surface area contributed by atoms with E-state index in [0.717, 1.165) is 6.07 Å². The van der Waals surface area contributed by atoms with E-state index in [2.05, 4.69) is 9.97 Å². The highest BCUT2D eigenvalue weighted by molar-refractivity contribution is 7.59. The lowest BCUT2D eigenvalue weighted by molar-refractivity contribution is -0.384. The quantitative estimate of drug-likeness (QED) is 0.378. The van der Waals surface area contributed by atoms with E-state index >= 15 is 0 Å². The van der Waals surface area contributed by atoms with Crippen LogP contribution in [0.25, 0.3) is 22.6 Å². The molecule has 21 heavy (non-hydrogen) atoms. The van der Waals surface area contributed by atoms with Gasteiger partial charge in [-0.1, -0.05) is 0 Å². The summed E-state index contributed by atoms with van der Waals surface area (Å²) in [6.45, 7) is 0. The standard InChI is InChI=1S/C11H8N3O6P/c15-14(16)6-1-2-7-8(5-6)13-11(12-7)9-3-4-10(20-9)21(17,18)19/h1-5H,(H,12,13)(H2,17,18,19). The average Bonchev–Trinajstić information content (AvgIpc) is 3.03. The predicted molar refractivity (Wildman–Crippen MR) is 72.1 cm³/mol. The van der Waals surface area contributed by atoms with Gasteiger partial charge in [0.25, 0.3) is 5.69 Å². The van der Waals surface area contributed by atoms with Crippen LogP contribution in [0.4, 0.5) is 5.69 Å². The summed E-state index contributed by atoms with van der Waals surface area (Å²) < 4.78 is 16.1. The number of hydrogen-bond donors (Lipinski definition) is 3.